The van der Waals surface area contributed by atoms with Gasteiger partial charge >= 0.3 is 6.18 Å². The lowest BCUT2D eigenvalue weighted by molar-refractivity contribution is -0.145. The number of carbonyl (C=O) groups excluding carboxylic acids is 2. The smallest absolute Gasteiger partial charge is 0.369 e. The second-order valence-electron chi connectivity index (χ2n) is 4.55. The molecule has 0 bridgehead atoms. The maximum Gasteiger partial charge on any atom is 0.451 e. The number of primary amides is 1. The van der Waals surface area contributed by atoms with E-state index in [-0.39, 0.29) is 12.0 Å². The number of halogens is 3. The quantitative estimate of drug-likeness (QED) is 0.895. The van der Waals surface area contributed by atoms with Gasteiger partial charge in [-0.05, 0) is 11.6 Å². The number of nitrogens with one attached hydrogen (secondary N) is 1. The predicted molar refractivity (Wildman–Crippen MR) is 74.3 cm³/mol. The van der Waals surface area contributed by atoms with Crippen LogP contribution in [0.5, 0.6) is 0 Å². The minimum atomic E-state index is -4.68. The summed E-state index contributed by atoms with van der Waals surface area (Å²) in [7, 11) is 0. The van der Waals surface area contributed by atoms with Crippen LogP contribution in [-0.2, 0) is 17.4 Å². The summed E-state index contributed by atoms with van der Waals surface area (Å²) >= 11 is 0. The van der Waals surface area contributed by atoms with Gasteiger partial charge < -0.3 is 11.1 Å². The number of benzene rings is 1. The van der Waals surface area contributed by atoms with Gasteiger partial charge in [-0.2, -0.15) is 13.2 Å². The molecule has 2 rings (SSSR count). The number of para-hydroxylation sites is 1. The van der Waals surface area contributed by atoms with E-state index < -0.39 is 23.8 Å². The second kappa shape index (κ2) is 6.42. The molecule has 0 aliphatic heterocycles. The van der Waals surface area contributed by atoms with E-state index in [1.54, 1.807) is 24.3 Å². The van der Waals surface area contributed by atoms with Crippen molar-refractivity contribution in [1.29, 1.82) is 0 Å². The SMILES string of the molecule is NC(=O)Cc1ccccc1NC(=O)c1cnc(C(F)(F)F)nc1. The molecule has 2 amide bonds. The number of rotatable bonds is 4. The van der Waals surface area contributed by atoms with Crippen LogP contribution >= 0.6 is 0 Å². The average molecular weight is 324 g/mol. The molecule has 0 aliphatic carbocycles. The Morgan fingerprint density at radius 1 is 1.13 bits per heavy atom. The molecule has 1 aromatic heterocycles. The van der Waals surface area contributed by atoms with Crippen molar-refractivity contribution in [3.8, 4) is 0 Å². The summed E-state index contributed by atoms with van der Waals surface area (Å²) in [5.74, 6) is -2.61. The van der Waals surface area contributed by atoms with Crippen LogP contribution in [0.4, 0.5) is 18.9 Å². The summed E-state index contributed by atoms with van der Waals surface area (Å²) in [5.41, 5.74) is 5.79. The number of hydrogen-bond donors (Lipinski definition) is 2. The van der Waals surface area contributed by atoms with E-state index in [1.807, 2.05) is 0 Å². The third-order valence-corrected chi connectivity index (χ3v) is 2.80. The molecule has 2 aromatic rings. The Kier molecular flexibility index (Phi) is 4.58. The monoisotopic (exact) mass is 324 g/mol. The molecule has 0 saturated carbocycles. The maximum absolute atomic E-state index is 12.4. The van der Waals surface area contributed by atoms with Crippen LogP contribution in [0.3, 0.4) is 0 Å². The van der Waals surface area contributed by atoms with Gasteiger partial charge in [-0.3, -0.25) is 9.59 Å². The average Bonchev–Trinajstić information content (AvgIpc) is 2.48. The summed E-state index contributed by atoms with van der Waals surface area (Å²) in [5, 5.41) is 2.48. The zero-order valence-corrected chi connectivity index (χ0v) is 11.6. The molecule has 6 nitrogen and oxygen atoms in total. The van der Waals surface area contributed by atoms with E-state index in [0.29, 0.717) is 11.3 Å². The summed E-state index contributed by atoms with van der Waals surface area (Å²) in [6.07, 6.45) is -3.20. The number of carbonyl (C=O) groups is 2. The molecule has 0 saturated heterocycles. The van der Waals surface area contributed by atoms with Crippen molar-refractivity contribution in [2.24, 2.45) is 5.73 Å². The molecule has 0 radical (unpaired) electrons. The zero-order chi connectivity index (χ0) is 17.0. The van der Waals surface area contributed by atoms with Crippen LogP contribution in [-0.4, -0.2) is 21.8 Å². The highest BCUT2D eigenvalue weighted by Gasteiger charge is 2.34. The summed E-state index contributed by atoms with van der Waals surface area (Å²) in [6.45, 7) is 0. The van der Waals surface area contributed by atoms with E-state index in [1.165, 1.54) is 0 Å². The van der Waals surface area contributed by atoms with Gasteiger partial charge in [-0.15, -0.1) is 0 Å². The standard InChI is InChI=1S/C14H11F3N4O2/c15-14(16,17)13-19-6-9(7-20-13)12(23)21-10-4-2-1-3-8(10)5-11(18)22/h1-4,6-7H,5H2,(H2,18,22)(H,21,23). The summed E-state index contributed by atoms with van der Waals surface area (Å²) in [6, 6.07) is 6.43. The van der Waals surface area contributed by atoms with Crippen molar-refractivity contribution in [2.75, 3.05) is 5.32 Å². The van der Waals surface area contributed by atoms with E-state index in [9.17, 15) is 22.8 Å². The van der Waals surface area contributed by atoms with Gasteiger partial charge in [-0.25, -0.2) is 9.97 Å². The Labute approximate surface area is 128 Å². The van der Waals surface area contributed by atoms with Crippen LogP contribution in [0.1, 0.15) is 21.7 Å². The Morgan fingerprint density at radius 2 is 1.74 bits per heavy atom. The molecule has 0 fully saturated rings. The van der Waals surface area contributed by atoms with E-state index in [4.69, 9.17) is 5.73 Å². The molecule has 1 aromatic carbocycles. The van der Waals surface area contributed by atoms with E-state index in [0.717, 1.165) is 12.4 Å². The summed E-state index contributed by atoms with van der Waals surface area (Å²) < 4.78 is 37.1. The molecule has 23 heavy (non-hydrogen) atoms. The van der Waals surface area contributed by atoms with Gasteiger partial charge in [0.05, 0.1) is 12.0 Å². The molecule has 120 valence electrons. The van der Waals surface area contributed by atoms with Crippen molar-refractivity contribution in [2.45, 2.75) is 12.6 Å². The third-order valence-electron chi connectivity index (χ3n) is 2.80. The van der Waals surface area contributed by atoms with Crippen LogP contribution in [0.15, 0.2) is 36.7 Å². The minimum absolute atomic E-state index is 0.0834. The first-order chi connectivity index (χ1) is 10.8. The highest BCUT2D eigenvalue weighted by molar-refractivity contribution is 6.04. The number of hydrogen-bond acceptors (Lipinski definition) is 4. The zero-order valence-electron chi connectivity index (χ0n) is 11.6. The molecule has 1 heterocycles. The Hall–Kier alpha value is -2.97. The largest absolute Gasteiger partial charge is 0.451 e. The highest BCUT2D eigenvalue weighted by Crippen LogP contribution is 2.25. The molecule has 0 spiro atoms. The van der Waals surface area contributed by atoms with Crippen LogP contribution in [0.25, 0.3) is 0 Å². The number of anilines is 1. The topological polar surface area (TPSA) is 98.0 Å². The van der Waals surface area contributed by atoms with Gasteiger partial charge in [-0.1, -0.05) is 18.2 Å². The van der Waals surface area contributed by atoms with E-state index >= 15 is 0 Å². The Morgan fingerprint density at radius 3 is 2.30 bits per heavy atom. The lowest BCUT2D eigenvalue weighted by Gasteiger charge is -2.10. The van der Waals surface area contributed by atoms with E-state index in [2.05, 4.69) is 15.3 Å². The van der Waals surface area contributed by atoms with Crippen LogP contribution < -0.4 is 11.1 Å². The maximum atomic E-state index is 12.4. The van der Waals surface area contributed by atoms with Crippen molar-refractivity contribution in [3.05, 3.63) is 53.6 Å². The van der Waals surface area contributed by atoms with Crippen LogP contribution in [0, 0.1) is 0 Å². The van der Waals surface area contributed by atoms with Gasteiger partial charge in [0.15, 0.2) is 0 Å². The number of nitrogens with two attached hydrogens (primary N) is 1. The Bertz CT molecular complexity index is 730. The first-order valence-electron chi connectivity index (χ1n) is 6.34. The van der Waals surface area contributed by atoms with Gasteiger partial charge in [0, 0.05) is 18.1 Å². The number of aromatic nitrogens is 2. The Balaban J connectivity index is 2.18. The van der Waals surface area contributed by atoms with Crippen molar-refractivity contribution in [1.82, 2.24) is 9.97 Å². The molecule has 0 unspecified atom stereocenters. The second-order valence-corrected chi connectivity index (χ2v) is 4.55. The normalized spacial score (nSPS) is 11.1. The fraction of sp³-hybridized carbons (Fsp3) is 0.143. The number of amides is 2. The summed E-state index contributed by atoms with van der Waals surface area (Å²) in [4.78, 5) is 29.2. The van der Waals surface area contributed by atoms with Crippen LogP contribution in [0.2, 0.25) is 0 Å². The van der Waals surface area contributed by atoms with Gasteiger partial charge in [0.1, 0.15) is 0 Å². The molecule has 3 N–H and O–H groups in total. The molecule has 0 atom stereocenters. The molecular weight excluding hydrogens is 313 g/mol. The number of alkyl halides is 3. The third kappa shape index (κ3) is 4.25. The first kappa shape index (κ1) is 16.4. The van der Waals surface area contributed by atoms with Crippen molar-refractivity contribution >= 4 is 17.5 Å². The highest BCUT2D eigenvalue weighted by atomic mass is 19.4. The fourth-order valence-electron chi connectivity index (χ4n) is 1.77. The minimum Gasteiger partial charge on any atom is -0.369 e. The molecule has 9 heteroatoms. The lowest BCUT2D eigenvalue weighted by atomic mass is 10.1. The van der Waals surface area contributed by atoms with Crippen molar-refractivity contribution in [3.63, 3.8) is 0 Å². The predicted octanol–water partition coefficient (Wildman–Crippen LogP) is 1.78. The number of nitrogens with zero attached hydrogens (tertiary/aromatic N) is 2. The fourth-order valence-corrected chi connectivity index (χ4v) is 1.77. The van der Waals surface area contributed by atoms with Crippen molar-refractivity contribution < 1.29 is 22.8 Å². The molecule has 0 aliphatic rings. The van der Waals surface area contributed by atoms with Gasteiger partial charge in [0.2, 0.25) is 11.7 Å². The van der Waals surface area contributed by atoms with Gasteiger partial charge in [0.25, 0.3) is 5.91 Å². The first-order valence-corrected chi connectivity index (χ1v) is 6.34. The lowest BCUT2D eigenvalue weighted by Crippen LogP contribution is -2.18. The molecular formula is C14H11F3N4O2.